The van der Waals surface area contributed by atoms with Gasteiger partial charge in [-0.1, -0.05) is 47.6 Å². The molecule has 0 saturated carbocycles. The number of methoxy groups -OCH3 is 2. The lowest BCUT2D eigenvalue weighted by Crippen LogP contribution is -2.44. The molecule has 0 bridgehead atoms. The third kappa shape index (κ3) is 12.8. The van der Waals surface area contributed by atoms with Gasteiger partial charge in [0.05, 0.1) is 19.8 Å². The van der Waals surface area contributed by atoms with Gasteiger partial charge in [-0.3, -0.25) is 9.78 Å². The second-order valence-electron chi connectivity index (χ2n) is 13.4. The molecule has 0 aliphatic heterocycles. The molecule has 0 saturated heterocycles. The van der Waals surface area contributed by atoms with Gasteiger partial charge in [0.15, 0.2) is 11.5 Å². The molecule has 0 aliphatic rings. The van der Waals surface area contributed by atoms with Crippen LogP contribution in [0.4, 0.5) is 0 Å². The highest BCUT2D eigenvalue weighted by atomic mass is 16.5. The first-order valence-electron chi connectivity index (χ1n) is 15.8. The van der Waals surface area contributed by atoms with E-state index in [1.807, 2.05) is 38.1 Å². The van der Waals surface area contributed by atoms with Crippen molar-refractivity contribution in [1.82, 2.24) is 10.3 Å². The number of nitrogens with two attached hydrogens (primary N) is 1. The summed E-state index contributed by atoms with van der Waals surface area (Å²) in [5.74, 6) is 1.76. The Morgan fingerprint density at radius 3 is 2.28 bits per heavy atom. The number of amides is 1. The van der Waals surface area contributed by atoms with E-state index in [0.29, 0.717) is 44.3 Å². The number of aliphatic hydroxyl groups excluding tert-OH is 1. The molecule has 4 N–H and O–H groups in total. The molecule has 0 spiro atoms. The highest BCUT2D eigenvalue weighted by Crippen LogP contribution is 2.32. The summed E-state index contributed by atoms with van der Waals surface area (Å²) >= 11 is 0. The second-order valence-corrected chi connectivity index (χ2v) is 13.4. The van der Waals surface area contributed by atoms with E-state index in [0.717, 1.165) is 30.6 Å². The molecule has 8 nitrogen and oxygen atoms in total. The Bertz CT molecular complexity index is 1080. The van der Waals surface area contributed by atoms with Crippen LogP contribution < -0.4 is 20.5 Å². The number of hydrogen-bond acceptors (Lipinski definition) is 7. The Labute approximate surface area is 260 Å². The minimum atomic E-state index is -0.778. The standard InChI is InChI=1S/C35H57N3O5/c1-24(2)28(18-27-10-11-32(42-8)33(19-27)43-17-9-16-41-7)20-30(36)31(39)21-29(25(3)4)34(40)38-23-35(5,6)22-26-12-14-37-15-13-26/h10-15,19,24-25,28-31,39H,9,16-18,20-23,36H2,1-8H3,(H,38,40)/t28-,29-,30-,31-/m0/s1. The molecule has 43 heavy (non-hydrogen) atoms. The van der Waals surface area contributed by atoms with Gasteiger partial charge in [-0.05, 0) is 84.2 Å². The van der Waals surface area contributed by atoms with Crippen molar-refractivity contribution in [2.24, 2.45) is 34.8 Å². The van der Waals surface area contributed by atoms with Gasteiger partial charge in [0.1, 0.15) is 0 Å². The predicted molar refractivity (Wildman–Crippen MR) is 173 cm³/mol. The quantitative estimate of drug-likeness (QED) is 0.174. The normalized spacial score (nSPS) is 14.8. The van der Waals surface area contributed by atoms with Crippen LogP contribution in [0.1, 0.15) is 71.9 Å². The molecule has 8 heteroatoms. The number of carbonyl (C=O) groups excluding carboxylic acids is 1. The summed E-state index contributed by atoms with van der Waals surface area (Å²) < 4.78 is 16.6. The average Bonchev–Trinajstić information content (AvgIpc) is 2.96. The van der Waals surface area contributed by atoms with Crippen molar-refractivity contribution in [2.75, 3.05) is 34.0 Å². The van der Waals surface area contributed by atoms with Gasteiger partial charge in [-0.2, -0.15) is 0 Å². The Balaban J connectivity index is 1.99. The summed E-state index contributed by atoms with van der Waals surface area (Å²) in [4.78, 5) is 17.4. The molecule has 2 aromatic rings. The van der Waals surface area contributed by atoms with Gasteiger partial charge in [0, 0.05) is 51.0 Å². The van der Waals surface area contributed by atoms with Gasteiger partial charge in [0.25, 0.3) is 0 Å². The number of rotatable bonds is 20. The first-order chi connectivity index (χ1) is 20.4. The van der Waals surface area contributed by atoms with Crippen LogP contribution in [0.2, 0.25) is 0 Å². The number of pyridine rings is 1. The molecular formula is C35H57N3O5. The fraction of sp³-hybridized carbons (Fsp3) is 0.657. The van der Waals surface area contributed by atoms with Crippen molar-refractivity contribution >= 4 is 5.91 Å². The fourth-order valence-electron chi connectivity index (χ4n) is 5.44. The van der Waals surface area contributed by atoms with Crippen LogP contribution in [0.25, 0.3) is 0 Å². The molecule has 0 unspecified atom stereocenters. The highest BCUT2D eigenvalue weighted by Gasteiger charge is 2.31. The zero-order valence-electron chi connectivity index (χ0n) is 27.8. The van der Waals surface area contributed by atoms with E-state index in [4.69, 9.17) is 19.9 Å². The third-order valence-corrected chi connectivity index (χ3v) is 8.30. The molecule has 0 radical (unpaired) electrons. The van der Waals surface area contributed by atoms with Gasteiger partial charge in [-0.15, -0.1) is 0 Å². The SMILES string of the molecule is COCCCOc1cc(C[C@@H](C[C@H](N)[C@@H](O)C[C@H](C(=O)NCC(C)(C)Cc2ccncc2)C(C)C)C(C)C)ccc1OC. The van der Waals surface area contributed by atoms with Crippen LogP contribution in [0.15, 0.2) is 42.7 Å². The van der Waals surface area contributed by atoms with Gasteiger partial charge >= 0.3 is 0 Å². The van der Waals surface area contributed by atoms with Crippen molar-refractivity contribution in [3.05, 3.63) is 53.9 Å². The van der Waals surface area contributed by atoms with Crippen LogP contribution in [-0.2, 0) is 22.4 Å². The first-order valence-corrected chi connectivity index (χ1v) is 15.8. The molecule has 1 heterocycles. The summed E-state index contributed by atoms with van der Waals surface area (Å²) in [5.41, 5.74) is 8.82. The maximum Gasteiger partial charge on any atom is 0.223 e. The molecule has 4 atom stereocenters. The van der Waals surface area contributed by atoms with E-state index in [-0.39, 0.29) is 29.1 Å². The number of nitrogens with zero attached hydrogens (tertiary/aromatic N) is 1. The van der Waals surface area contributed by atoms with Crippen molar-refractivity contribution in [2.45, 2.75) is 85.8 Å². The maximum absolute atomic E-state index is 13.3. The smallest absolute Gasteiger partial charge is 0.223 e. The summed E-state index contributed by atoms with van der Waals surface area (Å²) in [6.07, 6.45) is 6.23. The third-order valence-electron chi connectivity index (χ3n) is 8.30. The van der Waals surface area contributed by atoms with Gasteiger partial charge in [0.2, 0.25) is 5.91 Å². The summed E-state index contributed by atoms with van der Waals surface area (Å²) in [5, 5.41) is 14.4. The number of hydrogen-bond donors (Lipinski definition) is 3. The minimum Gasteiger partial charge on any atom is -0.493 e. The zero-order valence-corrected chi connectivity index (χ0v) is 27.8. The molecule has 1 aromatic carbocycles. The Morgan fingerprint density at radius 1 is 0.977 bits per heavy atom. The molecule has 242 valence electrons. The van der Waals surface area contributed by atoms with Crippen LogP contribution in [0.5, 0.6) is 11.5 Å². The van der Waals surface area contributed by atoms with E-state index in [2.05, 4.69) is 44.1 Å². The molecule has 0 aliphatic carbocycles. The summed E-state index contributed by atoms with van der Waals surface area (Å²) in [6, 6.07) is 9.62. The number of aromatic nitrogens is 1. The lowest BCUT2D eigenvalue weighted by atomic mass is 9.80. The number of ether oxygens (including phenoxy) is 3. The molecule has 2 rings (SSSR count). The fourth-order valence-corrected chi connectivity index (χ4v) is 5.44. The molecule has 1 amide bonds. The van der Waals surface area contributed by atoms with E-state index >= 15 is 0 Å². The molecule has 0 fully saturated rings. The van der Waals surface area contributed by atoms with E-state index in [9.17, 15) is 9.90 Å². The van der Waals surface area contributed by atoms with Crippen molar-refractivity contribution in [3.8, 4) is 11.5 Å². The second kappa shape index (κ2) is 18.2. The number of benzene rings is 1. The van der Waals surface area contributed by atoms with Crippen LogP contribution in [0.3, 0.4) is 0 Å². The Morgan fingerprint density at radius 2 is 1.67 bits per heavy atom. The largest absolute Gasteiger partial charge is 0.493 e. The van der Waals surface area contributed by atoms with Gasteiger partial charge in [-0.25, -0.2) is 0 Å². The van der Waals surface area contributed by atoms with Crippen LogP contribution in [-0.4, -0.2) is 62.1 Å². The van der Waals surface area contributed by atoms with E-state index in [1.165, 1.54) is 5.56 Å². The zero-order chi connectivity index (χ0) is 32.0. The summed E-state index contributed by atoms with van der Waals surface area (Å²) in [7, 11) is 3.32. The van der Waals surface area contributed by atoms with Gasteiger partial charge < -0.3 is 30.4 Å². The Kier molecular flexibility index (Phi) is 15.5. The number of aliphatic hydroxyl groups is 1. The highest BCUT2D eigenvalue weighted by molar-refractivity contribution is 5.79. The van der Waals surface area contributed by atoms with E-state index < -0.39 is 12.1 Å². The molecule has 1 aromatic heterocycles. The van der Waals surface area contributed by atoms with Crippen molar-refractivity contribution in [1.29, 1.82) is 0 Å². The van der Waals surface area contributed by atoms with Crippen molar-refractivity contribution < 1.29 is 24.1 Å². The lowest BCUT2D eigenvalue weighted by molar-refractivity contribution is -0.128. The van der Waals surface area contributed by atoms with Crippen molar-refractivity contribution in [3.63, 3.8) is 0 Å². The Hall–Kier alpha value is -2.68. The molecular weight excluding hydrogens is 542 g/mol. The summed E-state index contributed by atoms with van der Waals surface area (Å²) in [6.45, 7) is 14.5. The predicted octanol–water partition coefficient (Wildman–Crippen LogP) is 5.45. The number of nitrogens with one attached hydrogen (secondary N) is 1. The first kappa shape index (κ1) is 36.5. The lowest BCUT2D eigenvalue weighted by Gasteiger charge is -2.31. The van der Waals surface area contributed by atoms with E-state index in [1.54, 1.807) is 26.6 Å². The minimum absolute atomic E-state index is 0.0271. The van der Waals surface area contributed by atoms with Crippen LogP contribution in [0, 0.1) is 29.1 Å². The number of carbonyl (C=O) groups is 1. The average molecular weight is 600 g/mol. The monoisotopic (exact) mass is 599 g/mol. The van der Waals surface area contributed by atoms with Crippen LogP contribution >= 0.6 is 0 Å². The topological polar surface area (TPSA) is 116 Å². The maximum atomic E-state index is 13.3.